The molecule has 0 radical (unpaired) electrons. The van der Waals surface area contributed by atoms with Crippen molar-refractivity contribution in [3.63, 3.8) is 0 Å². The SMILES string of the molecule is CCNC(CN1CCOC(CC)C1)c1cccc(F)c1F. The molecule has 1 aromatic rings. The summed E-state index contributed by atoms with van der Waals surface area (Å²) in [6.07, 6.45) is 1.20. The second-order valence-corrected chi connectivity index (χ2v) is 5.41. The molecule has 0 saturated carbocycles. The first-order chi connectivity index (χ1) is 10.2. The Balaban J connectivity index is 2.10. The third kappa shape index (κ3) is 4.22. The van der Waals surface area contributed by atoms with Crippen LogP contribution < -0.4 is 5.32 Å². The normalized spacial score (nSPS) is 21.4. The Morgan fingerprint density at radius 2 is 2.19 bits per heavy atom. The van der Waals surface area contributed by atoms with E-state index in [1.54, 1.807) is 12.1 Å². The highest BCUT2D eigenvalue weighted by atomic mass is 19.2. The lowest BCUT2D eigenvalue weighted by atomic mass is 10.0. The Morgan fingerprint density at radius 1 is 1.38 bits per heavy atom. The second kappa shape index (κ2) is 7.82. The van der Waals surface area contributed by atoms with Gasteiger partial charge in [-0.25, -0.2) is 8.78 Å². The highest BCUT2D eigenvalue weighted by molar-refractivity contribution is 5.23. The fourth-order valence-electron chi connectivity index (χ4n) is 2.76. The van der Waals surface area contributed by atoms with Crippen LogP contribution >= 0.6 is 0 Å². The summed E-state index contributed by atoms with van der Waals surface area (Å²) in [5.74, 6) is -1.53. The number of benzene rings is 1. The third-order valence-electron chi connectivity index (χ3n) is 3.93. The maximum Gasteiger partial charge on any atom is 0.163 e. The van der Waals surface area contributed by atoms with Gasteiger partial charge in [0.15, 0.2) is 11.6 Å². The molecule has 118 valence electrons. The summed E-state index contributed by atoms with van der Waals surface area (Å²) in [6.45, 7) is 7.81. The molecule has 1 aliphatic rings. The molecule has 21 heavy (non-hydrogen) atoms. The maximum atomic E-state index is 14.0. The minimum atomic E-state index is -0.788. The van der Waals surface area contributed by atoms with E-state index >= 15 is 0 Å². The summed E-state index contributed by atoms with van der Waals surface area (Å²) < 4.78 is 33.1. The quantitative estimate of drug-likeness (QED) is 0.874. The van der Waals surface area contributed by atoms with Crippen molar-refractivity contribution in [2.75, 3.05) is 32.8 Å². The van der Waals surface area contributed by atoms with E-state index in [0.29, 0.717) is 25.3 Å². The second-order valence-electron chi connectivity index (χ2n) is 5.41. The van der Waals surface area contributed by atoms with Gasteiger partial charge in [0.25, 0.3) is 0 Å². The highest BCUT2D eigenvalue weighted by Crippen LogP contribution is 2.21. The topological polar surface area (TPSA) is 24.5 Å². The van der Waals surface area contributed by atoms with E-state index in [1.807, 2.05) is 6.92 Å². The Kier molecular flexibility index (Phi) is 6.08. The molecular weight excluding hydrogens is 274 g/mol. The van der Waals surface area contributed by atoms with Crippen molar-refractivity contribution >= 4 is 0 Å². The van der Waals surface area contributed by atoms with Crippen LogP contribution in [-0.2, 0) is 4.74 Å². The van der Waals surface area contributed by atoms with E-state index in [-0.39, 0.29) is 12.1 Å². The van der Waals surface area contributed by atoms with Crippen LogP contribution in [-0.4, -0.2) is 43.8 Å². The van der Waals surface area contributed by atoms with Crippen LogP contribution in [0.25, 0.3) is 0 Å². The van der Waals surface area contributed by atoms with Crippen molar-refractivity contribution in [1.82, 2.24) is 10.2 Å². The molecule has 2 rings (SSSR count). The van der Waals surface area contributed by atoms with E-state index in [9.17, 15) is 8.78 Å². The number of nitrogens with one attached hydrogen (secondary N) is 1. The maximum absolute atomic E-state index is 14.0. The first kappa shape index (κ1) is 16.3. The molecule has 1 aromatic carbocycles. The van der Waals surface area contributed by atoms with Crippen molar-refractivity contribution in [3.05, 3.63) is 35.4 Å². The van der Waals surface area contributed by atoms with Crippen molar-refractivity contribution in [2.45, 2.75) is 32.4 Å². The van der Waals surface area contributed by atoms with Crippen LogP contribution in [0.15, 0.2) is 18.2 Å². The van der Waals surface area contributed by atoms with Gasteiger partial charge in [-0.05, 0) is 19.0 Å². The van der Waals surface area contributed by atoms with Crippen molar-refractivity contribution < 1.29 is 13.5 Å². The van der Waals surface area contributed by atoms with Crippen LogP contribution in [0.4, 0.5) is 8.78 Å². The highest BCUT2D eigenvalue weighted by Gasteiger charge is 2.24. The first-order valence-electron chi connectivity index (χ1n) is 7.66. The molecular formula is C16H24F2N2O. The van der Waals surface area contributed by atoms with Gasteiger partial charge in [-0.3, -0.25) is 4.90 Å². The van der Waals surface area contributed by atoms with Crippen molar-refractivity contribution in [3.8, 4) is 0 Å². The van der Waals surface area contributed by atoms with Crippen LogP contribution in [0.1, 0.15) is 31.9 Å². The van der Waals surface area contributed by atoms with Gasteiger partial charge in [-0.2, -0.15) is 0 Å². The summed E-state index contributed by atoms with van der Waals surface area (Å²) in [4.78, 5) is 2.26. The van der Waals surface area contributed by atoms with E-state index in [4.69, 9.17) is 4.74 Å². The molecule has 1 heterocycles. The first-order valence-corrected chi connectivity index (χ1v) is 7.66. The number of hydrogen-bond acceptors (Lipinski definition) is 3. The molecule has 1 N–H and O–H groups in total. The summed E-state index contributed by atoms with van der Waals surface area (Å²) in [7, 11) is 0. The molecule has 2 unspecified atom stereocenters. The fourth-order valence-corrected chi connectivity index (χ4v) is 2.76. The van der Waals surface area contributed by atoms with Crippen LogP contribution in [0.5, 0.6) is 0 Å². The summed E-state index contributed by atoms with van der Waals surface area (Å²) >= 11 is 0. The molecule has 2 atom stereocenters. The van der Waals surface area contributed by atoms with E-state index < -0.39 is 11.6 Å². The average Bonchev–Trinajstić information content (AvgIpc) is 2.50. The van der Waals surface area contributed by atoms with Gasteiger partial charge < -0.3 is 10.1 Å². The molecule has 1 aliphatic heterocycles. The summed E-state index contributed by atoms with van der Waals surface area (Å²) in [5.41, 5.74) is 0.399. The molecule has 5 heteroatoms. The number of ether oxygens (including phenoxy) is 1. The van der Waals surface area contributed by atoms with Crippen LogP contribution in [0, 0.1) is 11.6 Å². The molecule has 1 saturated heterocycles. The number of halogens is 2. The Morgan fingerprint density at radius 3 is 2.90 bits per heavy atom. The zero-order chi connectivity index (χ0) is 15.2. The smallest absolute Gasteiger partial charge is 0.163 e. The Bertz CT molecular complexity index is 456. The fraction of sp³-hybridized carbons (Fsp3) is 0.625. The van der Waals surface area contributed by atoms with Gasteiger partial charge in [0.05, 0.1) is 12.7 Å². The average molecular weight is 298 g/mol. The number of likely N-dealkylation sites (N-methyl/N-ethyl adjacent to an activating group) is 1. The predicted molar refractivity (Wildman–Crippen MR) is 79.2 cm³/mol. The minimum Gasteiger partial charge on any atom is -0.376 e. The number of nitrogens with zero attached hydrogens (tertiary/aromatic N) is 1. The van der Waals surface area contributed by atoms with Crippen LogP contribution in [0.2, 0.25) is 0 Å². The molecule has 0 bridgehead atoms. The van der Waals surface area contributed by atoms with E-state index in [0.717, 1.165) is 25.6 Å². The van der Waals surface area contributed by atoms with Gasteiger partial charge in [0.1, 0.15) is 0 Å². The molecule has 0 spiro atoms. The largest absolute Gasteiger partial charge is 0.376 e. The Hall–Kier alpha value is -1.04. The van der Waals surface area contributed by atoms with Crippen molar-refractivity contribution in [2.24, 2.45) is 0 Å². The van der Waals surface area contributed by atoms with Gasteiger partial charge in [-0.15, -0.1) is 0 Å². The molecule has 0 amide bonds. The summed E-state index contributed by atoms with van der Waals surface area (Å²) in [5, 5.41) is 3.26. The zero-order valence-electron chi connectivity index (χ0n) is 12.7. The van der Waals surface area contributed by atoms with E-state index in [2.05, 4.69) is 17.1 Å². The molecule has 0 aliphatic carbocycles. The third-order valence-corrected chi connectivity index (χ3v) is 3.93. The molecule has 3 nitrogen and oxygen atoms in total. The standard InChI is InChI=1S/C16H24F2N2O/c1-3-12-10-20(8-9-21-12)11-15(19-4-2)13-6-5-7-14(17)16(13)18/h5-7,12,15,19H,3-4,8-11H2,1-2H3. The zero-order valence-corrected chi connectivity index (χ0v) is 12.7. The molecule has 0 aromatic heterocycles. The minimum absolute atomic E-state index is 0.207. The lowest BCUT2D eigenvalue weighted by molar-refractivity contribution is -0.0323. The number of hydrogen-bond donors (Lipinski definition) is 1. The van der Waals surface area contributed by atoms with E-state index in [1.165, 1.54) is 0 Å². The monoisotopic (exact) mass is 298 g/mol. The van der Waals surface area contributed by atoms with Gasteiger partial charge in [0.2, 0.25) is 0 Å². The van der Waals surface area contributed by atoms with Gasteiger partial charge in [0, 0.05) is 31.2 Å². The van der Waals surface area contributed by atoms with Crippen molar-refractivity contribution in [1.29, 1.82) is 0 Å². The number of morpholine rings is 1. The Labute approximate surface area is 125 Å². The molecule has 1 fully saturated rings. The van der Waals surface area contributed by atoms with Gasteiger partial charge >= 0.3 is 0 Å². The lowest BCUT2D eigenvalue weighted by Crippen LogP contribution is -2.45. The number of rotatable bonds is 6. The predicted octanol–water partition coefficient (Wildman–Crippen LogP) is 2.73. The summed E-state index contributed by atoms with van der Waals surface area (Å²) in [6, 6.07) is 4.17. The van der Waals surface area contributed by atoms with Gasteiger partial charge in [-0.1, -0.05) is 26.0 Å². The van der Waals surface area contributed by atoms with Crippen LogP contribution in [0.3, 0.4) is 0 Å². The lowest BCUT2D eigenvalue weighted by Gasteiger charge is -2.35.